The Kier molecular flexibility index (Phi) is 5.76. The fourth-order valence-electron chi connectivity index (χ4n) is 2.28. The van der Waals surface area contributed by atoms with E-state index in [0.29, 0.717) is 10.9 Å². The average molecular weight is 331 g/mol. The van der Waals surface area contributed by atoms with Crippen molar-refractivity contribution in [2.24, 2.45) is 0 Å². The lowest BCUT2D eigenvalue weighted by molar-refractivity contribution is 0.0915. The SMILES string of the molecule is CCc1cccc(CC)c1NC(=S)NNC(=O)c1ccc(C)o1. The minimum atomic E-state index is -0.373. The molecule has 23 heavy (non-hydrogen) atoms. The molecule has 1 amide bonds. The molecule has 5 nitrogen and oxygen atoms in total. The van der Waals surface area contributed by atoms with Gasteiger partial charge in [-0.25, -0.2) is 0 Å². The van der Waals surface area contributed by atoms with E-state index in [2.05, 4.69) is 42.1 Å². The molecule has 0 aliphatic rings. The van der Waals surface area contributed by atoms with Crippen LogP contribution < -0.4 is 16.2 Å². The van der Waals surface area contributed by atoms with Crippen LogP contribution in [0.5, 0.6) is 0 Å². The molecule has 1 aromatic carbocycles. The minimum absolute atomic E-state index is 0.237. The Morgan fingerprint density at radius 1 is 1.09 bits per heavy atom. The first kappa shape index (κ1) is 17.0. The molecular formula is C17H21N3O2S. The van der Waals surface area contributed by atoms with Crippen molar-refractivity contribution in [1.29, 1.82) is 0 Å². The van der Waals surface area contributed by atoms with Crippen molar-refractivity contribution < 1.29 is 9.21 Å². The van der Waals surface area contributed by atoms with E-state index in [-0.39, 0.29) is 11.7 Å². The van der Waals surface area contributed by atoms with Crippen molar-refractivity contribution in [2.75, 3.05) is 5.32 Å². The maximum Gasteiger partial charge on any atom is 0.305 e. The van der Waals surface area contributed by atoms with Crippen molar-refractivity contribution in [1.82, 2.24) is 10.9 Å². The lowest BCUT2D eigenvalue weighted by Gasteiger charge is -2.17. The number of anilines is 1. The summed E-state index contributed by atoms with van der Waals surface area (Å²) in [6.45, 7) is 5.97. The van der Waals surface area contributed by atoms with Gasteiger partial charge >= 0.3 is 5.91 Å². The van der Waals surface area contributed by atoms with Crippen LogP contribution in [0.2, 0.25) is 0 Å². The first-order valence-electron chi connectivity index (χ1n) is 7.59. The molecule has 0 aliphatic carbocycles. The predicted molar refractivity (Wildman–Crippen MR) is 95.5 cm³/mol. The Balaban J connectivity index is 1.99. The van der Waals surface area contributed by atoms with Crippen LogP contribution in [0.4, 0.5) is 5.69 Å². The second kappa shape index (κ2) is 7.78. The van der Waals surface area contributed by atoms with Gasteiger partial charge in [0.1, 0.15) is 5.76 Å². The Morgan fingerprint density at radius 2 is 1.74 bits per heavy atom. The zero-order valence-corrected chi connectivity index (χ0v) is 14.3. The number of amides is 1. The summed E-state index contributed by atoms with van der Waals surface area (Å²) in [5.41, 5.74) is 8.59. The molecule has 122 valence electrons. The van der Waals surface area contributed by atoms with Gasteiger partial charge < -0.3 is 9.73 Å². The molecule has 0 saturated heterocycles. The number of para-hydroxylation sites is 1. The molecule has 0 spiro atoms. The summed E-state index contributed by atoms with van der Waals surface area (Å²) in [5, 5.41) is 3.50. The molecule has 2 rings (SSSR count). The van der Waals surface area contributed by atoms with E-state index in [0.717, 1.165) is 18.5 Å². The fourth-order valence-corrected chi connectivity index (χ4v) is 2.43. The molecule has 0 saturated carbocycles. The summed E-state index contributed by atoms with van der Waals surface area (Å²) in [7, 11) is 0. The van der Waals surface area contributed by atoms with E-state index < -0.39 is 0 Å². The standard InChI is InChI=1S/C17H21N3O2S/c1-4-12-7-6-8-13(5-2)15(12)18-17(23)20-19-16(21)14-10-9-11(3)22-14/h6-10H,4-5H2,1-3H3,(H,19,21)(H2,18,20,23). The van der Waals surface area contributed by atoms with Crippen LogP contribution in [-0.2, 0) is 12.8 Å². The summed E-state index contributed by atoms with van der Waals surface area (Å²) >= 11 is 5.26. The van der Waals surface area contributed by atoms with Crippen LogP contribution in [0, 0.1) is 6.92 Å². The number of rotatable bonds is 4. The highest BCUT2D eigenvalue weighted by atomic mass is 32.1. The van der Waals surface area contributed by atoms with Crippen LogP contribution in [0.1, 0.15) is 41.3 Å². The van der Waals surface area contributed by atoms with Crippen LogP contribution in [0.25, 0.3) is 0 Å². The van der Waals surface area contributed by atoms with E-state index in [4.69, 9.17) is 16.6 Å². The Morgan fingerprint density at radius 3 is 2.26 bits per heavy atom. The van der Waals surface area contributed by atoms with Crippen LogP contribution in [-0.4, -0.2) is 11.0 Å². The number of aryl methyl sites for hydroxylation is 3. The Labute approximate surface area is 141 Å². The van der Waals surface area contributed by atoms with Gasteiger partial charge in [0.25, 0.3) is 0 Å². The van der Waals surface area contributed by atoms with Gasteiger partial charge in [-0.15, -0.1) is 0 Å². The zero-order chi connectivity index (χ0) is 16.8. The summed E-state index contributed by atoms with van der Waals surface area (Å²) in [4.78, 5) is 11.9. The summed E-state index contributed by atoms with van der Waals surface area (Å²) in [5.74, 6) is 0.544. The molecule has 0 aliphatic heterocycles. The molecule has 0 fully saturated rings. The number of benzene rings is 1. The second-order valence-electron chi connectivity index (χ2n) is 5.10. The van der Waals surface area contributed by atoms with Crippen LogP contribution in [0.15, 0.2) is 34.7 Å². The highest BCUT2D eigenvalue weighted by Crippen LogP contribution is 2.22. The maximum absolute atomic E-state index is 11.9. The third-order valence-electron chi connectivity index (χ3n) is 3.49. The monoisotopic (exact) mass is 331 g/mol. The Bertz CT molecular complexity index is 687. The Hall–Kier alpha value is -2.34. The van der Waals surface area contributed by atoms with Gasteiger partial charge in [-0.3, -0.25) is 15.6 Å². The van der Waals surface area contributed by atoms with Crippen molar-refractivity contribution in [3.63, 3.8) is 0 Å². The number of thiocarbonyl (C=S) groups is 1. The molecule has 0 radical (unpaired) electrons. The molecule has 0 bridgehead atoms. The highest BCUT2D eigenvalue weighted by molar-refractivity contribution is 7.80. The van der Waals surface area contributed by atoms with Gasteiger partial charge in [0.05, 0.1) is 0 Å². The van der Waals surface area contributed by atoms with E-state index in [1.54, 1.807) is 19.1 Å². The largest absolute Gasteiger partial charge is 0.456 e. The summed E-state index contributed by atoms with van der Waals surface area (Å²) in [6, 6.07) is 9.52. The molecule has 6 heteroatoms. The zero-order valence-electron chi connectivity index (χ0n) is 13.5. The molecule has 0 unspecified atom stereocenters. The molecule has 1 aromatic heterocycles. The highest BCUT2D eigenvalue weighted by Gasteiger charge is 2.11. The molecular weight excluding hydrogens is 310 g/mol. The second-order valence-corrected chi connectivity index (χ2v) is 5.51. The van der Waals surface area contributed by atoms with E-state index >= 15 is 0 Å². The number of furan rings is 1. The molecule has 3 N–H and O–H groups in total. The number of hydrogen-bond acceptors (Lipinski definition) is 3. The first-order chi connectivity index (χ1) is 11.0. The molecule has 2 aromatic rings. The van der Waals surface area contributed by atoms with Crippen molar-refractivity contribution in [3.8, 4) is 0 Å². The topological polar surface area (TPSA) is 66.3 Å². The molecule has 1 heterocycles. The first-order valence-corrected chi connectivity index (χ1v) is 8.00. The van der Waals surface area contributed by atoms with Crippen LogP contribution in [0.3, 0.4) is 0 Å². The normalized spacial score (nSPS) is 10.2. The van der Waals surface area contributed by atoms with Crippen LogP contribution >= 0.6 is 12.2 Å². The summed E-state index contributed by atoms with van der Waals surface area (Å²) < 4.78 is 5.25. The van der Waals surface area contributed by atoms with E-state index in [1.165, 1.54) is 11.1 Å². The fraction of sp³-hybridized carbons (Fsp3) is 0.294. The number of carbonyl (C=O) groups is 1. The maximum atomic E-state index is 11.9. The third-order valence-corrected chi connectivity index (χ3v) is 3.70. The lowest BCUT2D eigenvalue weighted by atomic mass is 10.0. The van der Waals surface area contributed by atoms with Gasteiger partial charge in [-0.05, 0) is 55.2 Å². The minimum Gasteiger partial charge on any atom is -0.456 e. The van der Waals surface area contributed by atoms with Crippen molar-refractivity contribution in [2.45, 2.75) is 33.6 Å². The molecule has 0 atom stereocenters. The number of hydrazine groups is 1. The average Bonchev–Trinajstić information content (AvgIpc) is 2.99. The number of carbonyl (C=O) groups excluding carboxylic acids is 1. The smallest absolute Gasteiger partial charge is 0.305 e. The summed E-state index contributed by atoms with van der Waals surface area (Å²) in [6.07, 6.45) is 1.80. The van der Waals surface area contributed by atoms with Gasteiger partial charge in [0.15, 0.2) is 10.9 Å². The van der Waals surface area contributed by atoms with Crippen molar-refractivity contribution >= 4 is 28.9 Å². The van der Waals surface area contributed by atoms with Crippen molar-refractivity contribution in [3.05, 3.63) is 53.0 Å². The number of hydrogen-bond donors (Lipinski definition) is 3. The quantitative estimate of drug-likeness (QED) is 0.592. The van der Waals surface area contributed by atoms with Gasteiger partial charge in [0.2, 0.25) is 0 Å². The predicted octanol–water partition coefficient (Wildman–Crippen LogP) is 3.34. The number of nitrogens with one attached hydrogen (secondary N) is 3. The lowest BCUT2D eigenvalue weighted by Crippen LogP contribution is -2.43. The van der Waals surface area contributed by atoms with E-state index in [1.807, 2.05) is 6.07 Å². The van der Waals surface area contributed by atoms with E-state index in [9.17, 15) is 4.79 Å². The third kappa shape index (κ3) is 4.32. The van der Waals surface area contributed by atoms with Gasteiger partial charge in [0, 0.05) is 5.69 Å². The van der Waals surface area contributed by atoms with Gasteiger partial charge in [-0.1, -0.05) is 32.0 Å². The van der Waals surface area contributed by atoms with Gasteiger partial charge in [-0.2, -0.15) is 0 Å².